The van der Waals surface area contributed by atoms with E-state index in [1.54, 1.807) is 12.1 Å². The van der Waals surface area contributed by atoms with Crippen LogP contribution in [0.4, 0.5) is 0 Å². The molecule has 5 aromatic rings. The highest BCUT2D eigenvalue weighted by molar-refractivity contribution is 6.02. The molecule has 1 aromatic heterocycles. The van der Waals surface area contributed by atoms with Crippen LogP contribution >= 0.6 is 0 Å². The van der Waals surface area contributed by atoms with Gasteiger partial charge in [-0.25, -0.2) is 0 Å². The number of rotatable bonds is 4. The number of phenolic OH excluding ortho intramolecular Hbond substituents is 1. The molecule has 5 heteroatoms. The Bertz CT molecular complexity index is 1490. The molecule has 5 nitrogen and oxygen atoms in total. The summed E-state index contributed by atoms with van der Waals surface area (Å²) >= 11 is 0. The van der Waals surface area contributed by atoms with Crippen LogP contribution in [0, 0.1) is 0 Å². The average molecular weight is 405 g/mol. The number of nitrogens with zero attached hydrogens (tertiary/aromatic N) is 3. The number of hydrogen-bond donors (Lipinski definition) is 1. The summed E-state index contributed by atoms with van der Waals surface area (Å²) in [6, 6.07) is 28.6. The van der Waals surface area contributed by atoms with Crippen molar-refractivity contribution < 1.29 is 5.11 Å². The molecule has 0 saturated carbocycles. The van der Waals surface area contributed by atoms with Gasteiger partial charge in [0, 0.05) is 17.4 Å². The van der Waals surface area contributed by atoms with E-state index in [0.717, 1.165) is 32.2 Å². The molecule has 0 amide bonds. The van der Waals surface area contributed by atoms with E-state index in [1.165, 1.54) is 6.21 Å². The van der Waals surface area contributed by atoms with Gasteiger partial charge in [0.05, 0.1) is 17.3 Å². The summed E-state index contributed by atoms with van der Waals surface area (Å²) in [5.74, 6) is 0.0980. The highest BCUT2D eigenvalue weighted by atomic mass is 16.3. The van der Waals surface area contributed by atoms with E-state index in [1.807, 2.05) is 78.9 Å². The number of benzene rings is 4. The summed E-state index contributed by atoms with van der Waals surface area (Å²) in [6.07, 6.45) is 2.07. The predicted octanol–water partition coefficient (Wildman–Crippen LogP) is 4.73. The second kappa shape index (κ2) is 7.88. The lowest BCUT2D eigenvalue weighted by molar-refractivity contribution is 0.475. The molecular formula is C26H19N3O2. The smallest absolute Gasteiger partial charge is 0.295 e. The minimum atomic E-state index is -0.302. The third-order valence-corrected chi connectivity index (χ3v) is 5.32. The van der Waals surface area contributed by atoms with E-state index in [2.05, 4.69) is 10.2 Å². The number of hydrogen-bond acceptors (Lipinski definition) is 4. The maximum Gasteiger partial charge on any atom is 0.295 e. The minimum absolute atomic E-state index is 0.0980. The van der Waals surface area contributed by atoms with Gasteiger partial charge >= 0.3 is 0 Å². The number of phenols is 1. The van der Waals surface area contributed by atoms with E-state index in [4.69, 9.17) is 0 Å². The van der Waals surface area contributed by atoms with Gasteiger partial charge in [-0.15, -0.1) is 4.79 Å². The highest BCUT2D eigenvalue weighted by Crippen LogP contribution is 2.25. The Kier molecular flexibility index (Phi) is 4.77. The predicted molar refractivity (Wildman–Crippen MR) is 124 cm³/mol. The lowest BCUT2D eigenvalue weighted by Gasteiger charge is -2.09. The van der Waals surface area contributed by atoms with E-state index in [-0.39, 0.29) is 11.3 Å². The Morgan fingerprint density at radius 3 is 2.29 bits per heavy atom. The fourth-order valence-electron chi connectivity index (χ4n) is 3.77. The first kappa shape index (κ1) is 18.8. The highest BCUT2D eigenvalue weighted by Gasteiger charge is 2.11. The molecule has 0 radical (unpaired) electrons. The van der Waals surface area contributed by atoms with Crippen molar-refractivity contribution in [3.05, 3.63) is 118 Å². The van der Waals surface area contributed by atoms with Crippen molar-refractivity contribution in [3.63, 3.8) is 0 Å². The average Bonchev–Trinajstić information content (AvgIpc) is 2.81. The van der Waals surface area contributed by atoms with Gasteiger partial charge in [0.25, 0.3) is 5.56 Å². The molecule has 1 heterocycles. The second-order valence-corrected chi connectivity index (χ2v) is 7.31. The van der Waals surface area contributed by atoms with Crippen molar-refractivity contribution in [2.75, 3.05) is 0 Å². The molecule has 0 fully saturated rings. The zero-order valence-corrected chi connectivity index (χ0v) is 16.6. The molecule has 0 bridgehead atoms. The largest absolute Gasteiger partial charge is 0.507 e. The van der Waals surface area contributed by atoms with Gasteiger partial charge in [-0.05, 0) is 28.5 Å². The Hall–Kier alpha value is -4.25. The van der Waals surface area contributed by atoms with Crippen molar-refractivity contribution in [1.82, 2.24) is 9.89 Å². The zero-order chi connectivity index (χ0) is 21.2. The van der Waals surface area contributed by atoms with Crippen LogP contribution in [0.5, 0.6) is 5.75 Å². The van der Waals surface area contributed by atoms with Crippen LogP contribution in [0.3, 0.4) is 0 Å². The molecule has 0 spiro atoms. The first-order valence-corrected chi connectivity index (χ1v) is 10.0. The summed E-state index contributed by atoms with van der Waals surface area (Å²) in [7, 11) is 0. The molecule has 0 saturated heterocycles. The molecule has 4 aromatic carbocycles. The van der Waals surface area contributed by atoms with Gasteiger partial charge in [-0.3, -0.25) is 4.79 Å². The Labute approximate surface area is 178 Å². The topological polar surface area (TPSA) is 67.5 Å². The molecule has 0 aliphatic carbocycles. The summed E-state index contributed by atoms with van der Waals surface area (Å²) in [6.45, 7) is 0. The molecule has 5 rings (SSSR count). The van der Waals surface area contributed by atoms with Crippen molar-refractivity contribution in [3.8, 4) is 5.75 Å². The van der Waals surface area contributed by atoms with Gasteiger partial charge in [0.2, 0.25) is 0 Å². The summed E-state index contributed by atoms with van der Waals surface area (Å²) in [4.78, 5) is 14.1. The lowest BCUT2D eigenvalue weighted by atomic mass is 10.0. The minimum Gasteiger partial charge on any atom is -0.507 e. The molecule has 150 valence electrons. The van der Waals surface area contributed by atoms with E-state index in [9.17, 15) is 9.90 Å². The molecule has 0 atom stereocenters. The van der Waals surface area contributed by atoms with Gasteiger partial charge in [0.15, 0.2) is 0 Å². The maximum absolute atomic E-state index is 13.0. The van der Waals surface area contributed by atoms with Gasteiger partial charge < -0.3 is 5.11 Å². The molecule has 0 unspecified atom stereocenters. The van der Waals surface area contributed by atoms with Crippen LogP contribution in [0.1, 0.15) is 16.8 Å². The normalized spacial score (nSPS) is 11.5. The third-order valence-electron chi connectivity index (χ3n) is 5.32. The second-order valence-electron chi connectivity index (χ2n) is 7.31. The van der Waals surface area contributed by atoms with Crippen LogP contribution in [-0.2, 0) is 6.42 Å². The standard InChI is InChI=1S/C26H19N3O2/c30-25-15-14-19-10-4-5-11-20(19)23(25)17-27-29-26(31)22-13-7-6-12-21(22)24(28-29)16-18-8-2-1-3-9-18/h1-15,17,30H,16H2. The Morgan fingerprint density at radius 1 is 0.806 bits per heavy atom. The van der Waals surface area contributed by atoms with E-state index < -0.39 is 0 Å². The quantitative estimate of drug-likeness (QED) is 0.440. The lowest BCUT2D eigenvalue weighted by Crippen LogP contribution is -2.21. The van der Waals surface area contributed by atoms with Crippen molar-refractivity contribution in [2.24, 2.45) is 5.10 Å². The fraction of sp³-hybridized carbons (Fsp3) is 0.0385. The van der Waals surface area contributed by atoms with E-state index >= 15 is 0 Å². The molecule has 0 aliphatic rings. The fourth-order valence-corrected chi connectivity index (χ4v) is 3.77. The number of fused-ring (bicyclic) bond motifs is 2. The maximum atomic E-state index is 13.0. The Balaban J connectivity index is 1.65. The first-order chi connectivity index (χ1) is 15.2. The molecule has 31 heavy (non-hydrogen) atoms. The zero-order valence-electron chi connectivity index (χ0n) is 16.6. The Morgan fingerprint density at radius 2 is 1.48 bits per heavy atom. The molecular weight excluding hydrogens is 386 g/mol. The van der Waals surface area contributed by atoms with Gasteiger partial charge in [-0.2, -0.15) is 10.2 Å². The van der Waals surface area contributed by atoms with Crippen molar-refractivity contribution in [1.29, 1.82) is 0 Å². The SMILES string of the molecule is O=c1c2ccccc2c(Cc2ccccc2)nn1N=Cc1c(O)ccc2ccccc12. The van der Waals surface area contributed by atoms with Crippen LogP contribution < -0.4 is 5.56 Å². The molecule has 1 N–H and O–H groups in total. The third kappa shape index (κ3) is 3.57. The summed E-state index contributed by atoms with van der Waals surface area (Å²) in [5.41, 5.74) is 2.11. The van der Waals surface area contributed by atoms with Crippen LogP contribution in [0.2, 0.25) is 0 Å². The van der Waals surface area contributed by atoms with Gasteiger partial charge in [0.1, 0.15) is 5.75 Å². The van der Waals surface area contributed by atoms with Crippen LogP contribution in [-0.4, -0.2) is 21.2 Å². The molecule has 0 aliphatic heterocycles. The summed E-state index contributed by atoms with van der Waals surface area (Å²) in [5, 5.41) is 22.5. The number of aromatic nitrogens is 2. The number of aromatic hydroxyl groups is 1. The monoisotopic (exact) mass is 405 g/mol. The van der Waals surface area contributed by atoms with Gasteiger partial charge in [-0.1, -0.05) is 78.9 Å². The van der Waals surface area contributed by atoms with Crippen LogP contribution in [0.15, 0.2) is 101 Å². The summed E-state index contributed by atoms with van der Waals surface area (Å²) < 4.78 is 0. The van der Waals surface area contributed by atoms with Crippen LogP contribution in [0.25, 0.3) is 21.5 Å². The van der Waals surface area contributed by atoms with Crippen molar-refractivity contribution in [2.45, 2.75) is 6.42 Å². The van der Waals surface area contributed by atoms with E-state index in [0.29, 0.717) is 17.4 Å². The first-order valence-electron chi connectivity index (χ1n) is 10.0. The van der Waals surface area contributed by atoms with Crippen molar-refractivity contribution >= 4 is 27.8 Å².